The summed E-state index contributed by atoms with van der Waals surface area (Å²) >= 11 is 0. The molecule has 0 heterocycles. The van der Waals surface area contributed by atoms with Crippen molar-refractivity contribution in [3.8, 4) is 22.6 Å². The first-order valence-electron chi connectivity index (χ1n) is 8.86. The lowest BCUT2D eigenvalue weighted by molar-refractivity contribution is 0.131. The van der Waals surface area contributed by atoms with E-state index in [0.717, 1.165) is 6.07 Å². The molecule has 3 rings (SSSR count). The molecule has 0 aliphatic heterocycles. The molecule has 0 unspecified atom stereocenters. The monoisotopic (exact) mass is 406 g/mol. The molecule has 0 aromatic heterocycles. The van der Waals surface area contributed by atoms with Gasteiger partial charge in [-0.25, -0.2) is 13.2 Å². The van der Waals surface area contributed by atoms with Crippen LogP contribution in [0.15, 0.2) is 48.5 Å². The van der Waals surface area contributed by atoms with E-state index in [0.29, 0.717) is 17.9 Å². The van der Waals surface area contributed by atoms with Gasteiger partial charge >= 0.3 is 0 Å². The highest BCUT2D eigenvalue weighted by Crippen LogP contribution is 2.29. The van der Waals surface area contributed by atoms with Crippen molar-refractivity contribution in [2.45, 2.75) is 20.1 Å². The Morgan fingerprint density at radius 1 is 0.724 bits per heavy atom. The third-order valence-electron chi connectivity index (χ3n) is 4.33. The first kappa shape index (κ1) is 20.7. The van der Waals surface area contributed by atoms with E-state index in [2.05, 4.69) is 0 Å². The molecule has 0 aliphatic carbocycles. The van der Waals surface area contributed by atoms with Gasteiger partial charge in [0.25, 0.3) is 0 Å². The molecule has 0 saturated heterocycles. The normalized spacial score (nSPS) is 10.9. The summed E-state index contributed by atoms with van der Waals surface area (Å²) in [5.41, 5.74) is 0.582. The minimum atomic E-state index is -1.34. The maximum atomic E-state index is 14.4. The fourth-order valence-electron chi connectivity index (χ4n) is 2.72. The molecule has 29 heavy (non-hydrogen) atoms. The van der Waals surface area contributed by atoms with Gasteiger partial charge in [-0.1, -0.05) is 24.3 Å². The van der Waals surface area contributed by atoms with Crippen molar-refractivity contribution in [3.63, 3.8) is 0 Å². The molecule has 7 heteroatoms. The van der Waals surface area contributed by atoms with Crippen molar-refractivity contribution < 1.29 is 32.1 Å². The van der Waals surface area contributed by atoms with Crippen molar-refractivity contribution in [2.75, 3.05) is 6.61 Å². The van der Waals surface area contributed by atoms with Gasteiger partial charge in [-0.05, 0) is 36.8 Å². The fraction of sp³-hybridized carbons (Fsp3) is 0.182. The summed E-state index contributed by atoms with van der Waals surface area (Å²) in [5.74, 6) is -4.91. The van der Waals surface area contributed by atoms with Crippen LogP contribution in [0.4, 0.5) is 17.6 Å². The fourth-order valence-corrected chi connectivity index (χ4v) is 2.72. The molecule has 0 spiro atoms. The van der Waals surface area contributed by atoms with Crippen LogP contribution in [0.25, 0.3) is 11.1 Å². The first-order valence-corrected chi connectivity index (χ1v) is 8.86. The molecule has 0 atom stereocenters. The van der Waals surface area contributed by atoms with E-state index >= 15 is 0 Å². The summed E-state index contributed by atoms with van der Waals surface area (Å²) in [5, 5.41) is 9.13. The van der Waals surface area contributed by atoms with Crippen molar-refractivity contribution >= 4 is 0 Å². The number of benzene rings is 3. The highest BCUT2D eigenvalue weighted by molar-refractivity contribution is 5.65. The average Bonchev–Trinajstić information content (AvgIpc) is 2.73. The van der Waals surface area contributed by atoms with E-state index in [1.807, 2.05) is 0 Å². The lowest BCUT2D eigenvalue weighted by Gasteiger charge is -2.11. The number of phenolic OH excluding ortho intramolecular Hbond substituents is 1. The van der Waals surface area contributed by atoms with Crippen LogP contribution in [-0.4, -0.2) is 11.7 Å². The van der Waals surface area contributed by atoms with Gasteiger partial charge in [0.2, 0.25) is 5.82 Å². The Labute approximate surface area is 165 Å². The van der Waals surface area contributed by atoms with Gasteiger partial charge in [0.05, 0.1) is 6.61 Å². The second kappa shape index (κ2) is 8.96. The third-order valence-corrected chi connectivity index (χ3v) is 4.33. The van der Waals surface area contributed by atoms with Crippen molar-refractivity contribution in [1.82, 2.24) is 0 Å². The molecule has 0 amide bonds. The summed E-state index contributed by atoms with van der Waals surface area (Å²) in [6, 6.07) is 11.3. The Balaban J connectivity index is 1.74. The Bertz CT molecular complexity index is 1000. The predicted octanol–water partition coefficient (Wildman–Crippen LogP) is 5.73. The van der Waals surface area contributed by atoms with Crippen molar-refractivity contribution in [1.29, 1.82) is 0 Å². The van der Waals surface area contributed by atoms with Crippen LogP contribution >= 0.6 is 0 Å². The number of ether oxygens (including phenoxy) is 2. The smallest absolute Gasteiger partial charge is 0.200 e. The Hall–Kier alpha value is -3.06. The SMILES string of the molecule is CCOCc1ccc(-c2ccc(OCc3ccc(O)c(F)c3F)cc2)c(F)c1F. The highest BCUT2D eigenvalue weighted by Gasteiger charge is 2.16. The van der Waals surface area contributed by atoms with Crippen molar-refractivity contribution in [2.24, 2.45) is 0 Å². The molecule has 3 nitrogen and oxygen atoms in total. The molecular weight excluding hydrogens is 388 g/mol. The minimum Gasteiger partial charge on any atom is -0.505 e. The highest BCUT2D eigenvalue weighted by atomic mass is 19.2. The summed E-state index contributed by atoms with van der Waals surface area (Å²) in [7, 11) is 0. The van der Waals surface area contributed by atoms with E-state index < -0.39 is 29.0 Å². The molecule has 0 aliphatic rings. The molecule has 0 bridgehead atoms. The van der Waals surface area contributed by atoms with Crippen LogP contribution in [0.5, 0.6) is 11.5 Å². The largest absolute Gasteiger partial charge is 0.505 e. The maximum absolute atomic E-state index is 14.4. The Morgan fingerprint density at radius 2 is 1.34 bits per heavy atom. The lowest BCUT2D eigenvalue weighted by atomic mass is 10.0. The lowest BCUT2D eigenvalue weighted by Crippen LogP contribution is -2.01. The minimum absolute atomic E-state index is 0.0132. The van der Waals surface area contributed by atoms with Crippen molar-refractivity contribution in [3.05, 3.63) is 82.9 Å². The van der Waals surface area contributed by atoms with Crippen LogP contribution in [0.1, 0.15) is 18.1 Å². The van der Waals surface area contributed by atoms with Crippen LogP contribution in [0.2, 0.25) is 0 Å². The standard InChI is InChI=1S/C22H18F4O3/c1-2-28-11-14-5-9-17(21(25)19(14)23)13-3-7-16(8-4-13)29-12-15-6-10-18(27)22(26)20(15)24/h3-10,27H,2,11-12H2,1H3. The number of hydrogen-bond acceptors (Lipinski definition) is 3. The number of aromatic hydroxyl groups is 1. The van der Waals surface area contributed by atoms with Gasteiger partial charge in [0, 0.05) is 23.3 Å². The van der Waals surface area contributed by atoms with Crippen LogP contribution in [0, 0.1) is 23.3 Å². The van der Waals surface area contributed by atoms with Crippen LogP contribution in [-0.2, 0) is 18.0 Å². The third kappa shape index (κ3) is 4.51. The zero-order valence-corrected chi connectivity index (χ0v) is 15.5. The summed E-state index contributed by atoms with van der Waals surface area (Å²) in [6.07, 6.45) is 0. The molecule has 3 aromatic carbocycles. The van der Waals surface area contributed by atoms with E-state index in [9.17, 15) is 17.6 Å². The second-order valence-corrected chi connectivity index (χ2v) is 6.22. The molecular formula is C22H18F4O3. The van der Waals surface area contributed by atoms with Crippen LogP contribution in [0.3, 0.4) is 0 Å². The predicted molar refractivity (Wildman–Crippen MR) is 99.5 cm³/mol. The van der Waals surface area contributed by atoms with E-state index in [1.54, 1.807) is 6.92 Å². The van der Waals surface area contributed by atoms with E-state index in [1.165, 1.54) is 42.5 Å². The zero-order valence-electron chi connectivity index (χ0n) is 15.5. The molecule has 152 valence electrons. The number of rotatable bonds is 7. The second-order valence-electron chi connectivity index (χ2n) is 6.22. The summed E-state index contributed by atoms with van der Waals surface area (Å²) < 4.78 is 66.2. The quantitative estimate of drug-likeness (QED) is 0.509. The molecule has 0 saturated carbocycles. The van der Waals surface area contributed by atoms with Gasteiger partial charge in [-0.15, -0.1) is 0 Å². The van der Waals surface area contributed by atoms with Crippen LogP contribution < -0.4 is 4.74 Å². The number of halogens is 4. The van der Waals surface area contributed by atoms with Gasteiger partial charge in [-0.3, -0.25) is 0 Å². The number of hydrogen-bond donors (Lipinski definition) is 1. The summed E-state index contributed by atoms with van der Waals surface area (Å²) in [6.45, 7) is 1.88. The molecule has 0 radical (unpaired) electrons. The van der Waals surface area contributed by atoms with E-state index in [4.69, 9.17) is 14.6 Å². The van der Waals surface area contributed by atoms with E-state index in [-0.39, 0.29) is 29.9 Å². The van der Waals surface area contributed by atoms with Gasteiger partial charge < -0.3 is 14.6 Å². The van der Waals surface area contributed by atoms with Gasteiger partial charge in [0.1, 0.15) is 12.4 Å². The first-order chi connectivity index (χ1) is 13.9. The Kier molecular flexibility index (Phi) is 6.39. The average molecular weight is 406 g/mol. The zero-order chi connectivity index (χ0) is 21.0. The summed E-state index contributed by atoms with van der Waals surface area (Å²) in [4.78, 5) is 0. The molecule has 3 aromatic rings. The topological polar surface area (TPSA) is 38.7 Å². The molecule has 0 fully saturated rings. The van der Waals surface area contributed by atoms with Gasteiger partial charge in [0.15, 0.2) is 23.2 Å². The molecule has 1 N–H and O–H groups in total. The maximum Gasteiger partial charge on any atom is 0.200 e. The Morgan fingerprint density at radius 3 is 2.03 bits per heavy atom. The van der Waals surface area contributed by atoms with Gasteiger partial charge in [-0.2, -0.15) is 4.39 Å². The number of phenols is 1.